The van der Waals surface area contributed by atoms with Gasteiger partial charge in [0.05, 0.1) is 18.5 Å². The molecule has 0 aliphatic rings. The maximum Gasteiger partial charge on any atom is 0.322 e. The van der Waals surface area contributed by atoms with E-state index in [2.05, 4.69) is 58.2 Å². The summed E-state index contributed by atoms with van der Waals surface area (Å²) in [5.74, 6) is 1.45. The van der Waals surface area contributed by atoms with Gasteiger partial charge in [0, 0.05) is 23.1 Å². The molecule has 198 valence electrons. The Morgan fingerprint density at radius 3 is 2.34 bits per heavy atom. The fourth-order valence-corrected chi connectivity index (χ4v) is 4.94. The molecule has 2 aromatic carbocycles. The smallest absolute Gasteiger partial charge is 0.322 e. The Balaban J connectivity index is 1.54. The van der Waals surface area contributed by atoms with Gasteiger partial charge in [0.2, 0.25) is 0 Å². The van der Waals surface area contributed by atoms with Crippen LogP contribution < -0.4 is 4.90 Å². The number of carbonyl (C=O) groups is 1. The predicted molar refractivity (Wildman–Crippen MR) is 153 cm³/mol. The Labute approximate surface area is 229 Å². The predicted octanol–water partition coefficient (Wildman–Crippen LogP) is 7.46. The molecule has 0 amide bonds. The SMILES string of the molecule is Cc1ccccc1-c1cc(N(Cc2ccc(SC(C)(C)C(=O)OC(C)(C)C)cc2)Cc2ccco2)ncn1. The first-order valence-electron chi connectivity index (χ1n) is 12.7. The summed E-state index contributed by atoms with van der Waals surface area (Å²) in [7, 11) is 0. The number of thioether (sulfide) groups is 1. The number of rotatable bonds is 9. The lowest BCUT2D eigenvalue weighted by Crippen LogP contribution is -2.36. The van der Waals surface area contributed by atoms with Crippen LogP contribution in [0.4, 0.5) is 5.82 Å². The zero-order valence-corrected chi connectivity index (χ0v) is 23.7. The summed E-state index contributed by atoms with van der Waals surface area (Å²) >= 11 is 1.50. The van der Waals surface area contributed by atoms with Crippen LogP contribution in [0.15, 0.2) is 88.6 Å². The summed E-state index contributed by atoms with van der Waals surface area (Å²) in [6, 6.07) is 22.4. The van der Waals surface area contributed by atoms with Crippen LogP contribution in [-0.4, -0.2) is 26.3 Å². The normalized spacial score (nSPS) is 11.8. The standard InChI is InChI=1S/C31H35N3O3S/c1-22-10-7-8-12-26(22)27-18-28(33-21-32-27)34(20-24-11-9-17-36-24)19-23-13-15-25(16-14-23)38-31(5,6)29(35)37-30(2,3)4/h7-18,21H,19-20H2,1-6H3. The highest BCUT2D eigenvalue weighted by molar-refractivity contribution is 8.01. The third-order valence-corrected chi connectivity index (χ3v) is 7.07. The maximum absolute atomic E-state index is 12.7. The van der Waals surface area contributed by atoms with Gasteiger partial charge in [-0.3, -0.25) is 4.79 Å². The Morgan fingerprint density at radius 2 is 1.68 bits per heavy atom. The summed E-state index contributed by atoms with van der Waals surface area (Å²) in [5, 5.41) is 0. The van der Waals surface area contributed by atoms with Gasteiger partial charge in [-0.2, -0.15) is 0 Å². The van der Waals surface area contributed by atoms with Crippen LogP contribution in [0.3, 0.4) is 0 Å². The Kier molecular flexibility index (Phi) is 8.26. The van der Waals surface area contributed by atoms with Crippen molar-refractivity contribution in [3.8, 4) is 11.3 Å². The molecule has 2 heterocycles. The molecule has 0 fully saturated rings. The highest BCUT2D eigenvalue weighted by Crippen LogP contribution is 2.35. The van der Waals surface area contributed by atoms with Crippen molar-refractivity contribution in [3.63, 3.8) is 0 Å². The third-order valence-electron chi connectivity index (χ3n) is 5.88. The van der Waals surface area contributed by atoms with Crippen LogP contribution in [0.25, 0.3) is 11.3 Å². The fourth-order valence-electron chi connectivity index (χ4n) is 3.96. The molecule has 0 N–H and O–H groups in total. The minimum Gasteiger partial charge on any atom is -0.467 e. The molecule has 2 aromatic heterocycles. The van der Waals surface area contributed by atoms with Gasteiger partial charge >= 0.3 is 5.97 Å². The van der Waals surface area contributed by atoms with E-state index in [-0.39, 0.29) is 5.97 Å². The molecule has 0 atom stereocenters. The van der Waals surface area contributed by atoms with Gasteiger partial charge in [-0.15, -0.1) is 11.8 Å². The number of carbonyl (C=O) groups excluding carboxylic acids is 1. The molecule has 0 bridgehead atoms. The molecule has 0 spiro atoms. The quantitative estimate of drug-likeness (QED) is 0.165. The summed E-state index contributed by atoms with van der Waals surface area (Å²) in [4.78, 5) is 25.0. The number of ether oxygens (including phenoxy) is 1. The average Bonchev–Trinajstić information content (AvgIpc) is 3.37. The van der Waals surface area contributed by atoms with Gasteiger partial charge < -0.3 is 14.1 Å². The second-order valence-corrected chi connectivity index (χ2v) is 12.5. The first-order valence-corrected chi connectivity index (χ1v) is 13.5. The van der Waals surface area contributed by atoms with Crippen molar-refractivity contribution in [2.24, 2.45) is 0 Å². The molecule has 0 aliphatic heterocycles. The highest BCUT2D eigenvalue weighted by atomic mass is 32.2. The minimum atomic E-state index is -0.701. The van der Waals surface area contributed by atoms with Crippen molar-refractivity contribution < 1.29 is 13.9 Å². The number of nitrogens with zero attached hydrogens (tertiary/aromatic N) is 3. The first kappa shape index (κ1) is 27.5. The van der Waals surface area contributed by atoms with Gasteiger partial charge in [-0.05, 0) is 76.9 Å². The molecule has 4 rings (SSSR count). The Morgan fingerprint density at radius 1 is 0.947 bits per heavy atom. The number of hydrogen-bond acceptors (Lipinski definition) is 7. The van der Waals surface area contributed by atoms with E-state index in [1.54, 1.807) is 12.6 Å². The van der Waals surface area contributed by atoms with Crippen LogP contribution in [0, 0.1) is 6.92 Å². The van der Waals surface area contributed by atoms with Gasteiger partial charge in [-0.1, -0.05) is 36.4 Å². The van der Waals surface area contributed by atoms with E-state index in [1.165, 1.54) is 11.8 Å². The molecule has 7 heteroatoms. The topological polar surface area (TPSA) is 68.5 Å². The Bertz CT molecular complexity index is 1360. The van der Waals surface area contributed by atoms with E-state index < -0.39 is 10.3 Å². The summed E-state index contributed by atoms with van der Waals surface area (Å²) < 4.78 is 10.6. The van der Waals surface area contributed by atoms with Crippen molar-refractivity contribution in [3.05, 3.63) is 96.2 Å². The summed E-state index contributed by atoms with van der Waals surface area (Å²) in [6.45, 7) is 12.7. The van der Waals surface area contributed by atoms with Crippen molar-refractivity contribution >= 4 is 23.5 Å². The number of hydrogen-bond donors (Lipinski definition) is 0. The fraction of sp³-hybridized carbons (Fsp3) is 0.323. The van der Waals surface area contributed by atoms with Crippen LogP contribution in [0.5, 0.6) is 0 Å². The van der Waals surface area contributed by atoms with Crippen molar-refractivity contribution in [1.29, 1.82) is 0 Å². The number of furan rings is 1. The zero-order valence-electron chi connectivity index (χ0n) is 22.9. The van der Waals surface area contributed by atoms with E-state index in [0.717, 1.165) is 38.9 Å². The number of benzene rings is 2. The molecule has 0 saturated heterocycles. The van der Waals surface area contributed by atoms with Crippen LogP contribution in [0.1, 0.15) is 51.5 Å². The number of aryl methyl sites for hydroxylation is 1. The van der Waals surface area contributed by atoms with E-state index in [9.17, 15) is 4.79 Å². The third kappa shape index (κ3) is 7.25. The van der Waals surface area contributed by atoms with E-state index >= 15 is 0 Å². The van der Waals surface area contributed by atoms with E-state index in [0.29, 0.717) is 13.1 Å². The lowest BCUT2D eigenvalue weighted by Gasteiger charge is -2.28. The second-order valence-electron chi connectivity index (χ2n) is 10.8. The van der Waals surface area contributed by atoms with Crippen LogP contribution in [-0.2, 0) is 22.6 Å². The van der Waals surface area contributed by atoms with Crippen molar-refractivity contribution in [1.82, 2.24) is 9.97 Å². The molecule has 6 nitrogen and oxygen atoms in total. The van der Waals surface area contributed by atoms with Gasteiger partial charge in [0.1, 0.15) is 28.3 Å². The molecule has 0 saturated carbocycles. The Hall–Kier alpha value is -3.58. The summed E-state index contributed by atoms with van der Waals surface area (Å²) in [5.41, 5.74) is 3.73. The van der Waals surface area contributed by atoms with Crippen molar-refractivity contribution in [2.45, 2.75) is 69.9 Å². The molecular formula is C31H35N3O3S. The van der Waals surface area contributed by atoms with Crippen molar-refractivity contribution in [2.75, 3.05) is 4.90 Å². The molecule has 4 aromatic rings. The van der Waals surface area contributed by atoms with Crippen LogP contribution >= 0.6 is 11.8 Å². The minimum absolute atomic E-state index is 0.225. The largest absolute Gasteiger partial charge is 0.467 e. The van der Waals surface area contributed by atoms with Crippen LogP contribution in [0.2, 0.25) is 0 Å². The zero-order chi connectivity index (χ0) is 27.3. The monoisotopic (exact) mass is 529 g/mol. The highest BCUT2D eigenvalue weighted by Gasteiger charge is 2.33. The number of anilines is 1. The van der Waals surface area contributed by atoms with E-state index in [4.69, 9.17) is 9.15 Å². The molecule has 0 radical (unpaired) electrons. The molecular weight excluding hydrogens is 494 g/mol. The summed E-state index contributed by atoms with van der Waals surface area (Å²) in [6.07, 6.45) is 3.30. The molecule has 0 unspecified atom stereocenters. The average molecular weight is 530 g/mol. The first-order chi connectivity index (χ1) is 18.0. The number of esters is 1. The lowest BCUT2D eigenvalue weighted by atomic mass is 10.1. The lowest BCUT2D eigenvalue weighted by molar-refractivity contribution is -0.156. The van der Waals surface area contributed by atoms with Gasteiger partial charge in [0.25, 0.3) is 0 Å². The van der Waals surface area contributed by atoms with Gasteiger partial charge in [0.15, 0.2) is 0 Å². The van der Waals surface area contributed by atoms with E-state index in [1.807, 2.05) is 65.0 Å². The maximum atomic E-state index is 12.7. The number of aromatic nitrogens is 2. The second kappa shape index (κ2) is 11.4. The molecule has 0 aliphatic carbocycles. The molecule has 38 heavy (non-hydrogen) atoms. The van der Waals surface area contributed by atoms with Gasteiger partial charge in [-0.25, -0.2) is 9.97 Å².